The molecule has 1 heterocycles. The van der Waals surface area contributed by atoms with Gasteiger partial charge in [0.1, 0.15) is 12.7 Å². The van der Waals surface area contributed by atoms with Gasteiger partial charge in [-0.1, -0.05) is 25.0 Å². The van der Waals surface area contributed by atoms with Crippen LogP contribution in [0.3, 0.4) is 0 Å². The van der Waals surface area contributed by atoms with Gasteiger partial charge in [0.05, 0.1) is 12.6 Å². The molecule has 1 saturated heterocycles. The third-order valence-electron chi connectivity index (χ3n) is 6.00. The van der Waals surface area contributed by atoms with Crippen LogP contribution >= 0.6 is 0 Å². The van der Waals surface area contributed by atoms with Gasteiger partial charge in [0.2, 0.25) is 11.8 Å². The molecule has 2 unspecified atom stereocenters. The zero-order valence-electron chi connectivity index (χ0n) is 15.6. The third kappa shape index (κ3) is 4.33. The zero-order valence-corrected chi connectivity index (χ0v) is 15.6. The SMILES string of the molecule is O=C(Nc1ccc(C(O)C2COCC(=O)N2CC2CC2)cc1)C1CCCC1. The topological polar surface area (TPSA) is 78.9 Å². The van der Waals surface area contributed by atoms with E-state index in [1.165, 1.54) is 0 Å². The van der Waals surface area contributed by atoms with Crippen molar-refractivity contribution < 1.29 is 19.4 Å². The molecule has 0 bridgehead atoms. The van der Waals surface area contributed by atoms with Crippen molar-refractivity contribution >= 4 is 17.5 Å². The number of carbonyl (C=O) groups is 2. The van der Waals surface area contributed by atoms with Crippen molar-refractivity contribution in [3.63, 3.8) is 0 Å². The fourth-order valence-corrected chi connectivity index (χ4v) is 4.12. The second-order valence-corrected chi connectivity index (χ2v) is 8.11. The Balaban J connectivity index is 1.40. The maximum Gasteiger partial charge on any atom is 0.249 e. The van der Waals surface area contributed by atoms with Crippen molar-refractivity contribution in [3.8, 4) is 0 Å². The number of aliphatic hydroxyl groups is 1. The summed E-state index contributed by atoms with van der Waals surface area (Å²) in [5.74, 6) is 0.729. The van der Waals surface area contributed by atoms with Gasteiger partial charge < -0.3 is 20.1 Å². The van der Waals surface area contributed by atoms with Crippen LogP contribution in [0.15, 0.2) is 24.3 Å². The fourth-order valence-electron chi connectivity index (χ4n) is 4.12. The van der Waals surface area contributed by atoms with Crippen molar-refractivity contribution in [2.24, 2.45) is 11.8 Å². The summed E-state index contributed by atoms with van der Waals surface area (Å²) in [6, 6.07) is 6.93. The number of nitrogens with zero attached hydrogens (tertiary/aromatic N) is 1. The number of rotatable bonds is 6. The third-order valence-corrected chi connectivity index (χ3v) is 6.00. The first-order valence-corrected chi connectivity index (χ1v) is 10.1. The van der Waals surface area contributed by atoms with Gasteiger partial charge in [0.25, 0.3) is 0 Å². The summed E-state index contributed by atoms with van der Waals surface area (Å²) in [5, 5.41) is 13.8. The number of carbonyl (C=O) groups excluding carboxylic acids is 2. The molecule has 1 aliphatic heterocycles. The second kappa shape index (κ2) is 7.98. The van der Waals surface area contributed by atoms with Crippen LogP contribution in [-0.4, -0.2) is 47.6 Å². The van der Waals surface area contributed by atoms with E-state index < -0.39 is 6.10 Å². The van der Waals surface area contributed by atoms with Gasteiger partial charge in [0, 0.05) is 18.2 Å². The van der Waals surface area contributed by atoms with Gasteiger partial charge >= 0.3 is 0 Å². The van der Waals surface area contributed by atoms with Crippen molar-refractivity contribution in [3.05, 3.63) is 29.8 Å². The van der Waals surface area contributed by atoms with E-state index in [9.17, 15) is 14.7 Å². The fraction of sp³-hybridized carbons (Fsp3) is 0.619. The summed E-state index contributed by atoms with van der Waals surface area (Å²) in [5.41, 5.74) is 1.48. The Hall–Kier alpha value is -1.92. The molecule has 146 valence electrons. The highest BCUT2D eigenvalue weighted by Crippen LogP contribution is 2.33. The van der Waals surface area contributed by atoms with Crippen LogP contribution in [0, 0.1) is 11.8 Å². The standard InChI is InChI=1S/C21H28N2O4/c24-19-13-27-12-18(23(19)11-14-5-6-14)20(25)15-7-9-17(10-8-15)22-21(26)16-3-1-2-4-16/h7-10,14,16,18,20,25H,1-6,11-13H2,(H,22,26). The lowest BCUT2D eigenvalue weighted by atomic mass is 9.99. The molecule has 0 radical (unpaired) electrons. The van der Waals surface area contributed by atoms with E-state index in [0.29, 0.717) is 19.1 Å². The van der Waals surface area contributed by atoms with Crippen LogP contribution < -0.4 is 5.32 Å². The largest absolute Gasteiger partial charge is 0.386 e. The van der Waals surface area contributed by atoms with E-state index in [2.05, 4.69) is 5.32 Å². The number of benzene rings is 1. The minimum atomic E-state index is -0.799. The Bertz CT molecular complexity index is 680. The lowest BCUT2D eigenvalue weighted by molar-refractivity contribution is -0.154. The summed E-state index contributed by atoms with van der Waals surface area (Å²) in [6.07, 6.45) is 5.70. The average Bonchev–Trinajstić information content (AvgIpc) is 3.32. The van der Waals surface area contributed by atoms with Gasteiger partial charge in [-0.05, 0) is 49.3 Å². The number of morpholine rings is 1. The lowest BCUT2D eigenvalue weighted by Crippen LogP contribution is -2.52. The number of anilines is 1. The maximum absolute atomic E-state index is 12.2. The number of hydrogen-bond donors (Lipinski definition) is 2. The van der Waals surface area contributed by atoms with Crippen LogP contribution in [0.25, 0.3) is 0 Å². The van der Waals surface area contributed by atoms with Crippen LogP contribution in [-0.2, 0) is 14.3 Å². The van der Waals surface area contributed by atoms with Gasteiger partial charge in [-0.25, -0.2) is 0 Å². The number of ether oxygens (including phenoxy) is 1. The number of nitrogens with one attached hydrogen (secondary N) is 1. The molecule has 2 saturated carbocycles. The molecule has 2 atom stereocenters. The molecule has 3 aliphatic rings. The Labute approximate surface area is 159 Å². The molecule has 3 fully saturated rings. The predicted octanol–water partition coefficient (Wildman–Crippen LogP) is 2.49. The van der Waals surface area contributed by atoms with Crippen molar-refractivity contribution in [2.75, 3.05) is 25.1 Å². The molecule has 4 rings (SSSR count). The van der Waals surface area contributed by atoms with Gasteiger partial charge in [-0.15, -0.1) is 0 Å². The van der Waals surface area contributed by atoms with Crippen LogP contribution in [0.2, 0.25) is 0 Å². The molecule has 1 aromatic carbocycles. The van der Waals surface area contributed by atoms with E-state index in [4.69, 9.17) is 4.74 Å². The van der Waals surface area contributed by atoms with Gasteiger partial charge in [-0.3, -0.25) is 9.59 Å². The summed E-state index contributed by atoms with van der Waals surface area (Å²) in [4.78, 5) is 26.3. The highest BCUT2D eigenvalue weighted by Gasteiger charge is 2.37. The number of amides is 2. The Morgan fingerprint density at radius 2 is 1.89 bits per heavy atom. The van der Waals surface area contributed by atoms with Crippen molar-refractivity contribution in [1.82, 2.24) is 4.90 Å². The van der Waals surface area contributed by atoms with Crippen LogP contribution in [0.5, 0.6) is 0 Å². The molecule has 0 spiro atoms. The van der Waals surface area contributed by atoms with E-state index in [0.717, 1.165) is 49.8 Å². The first kappa shape index (κ1) is 18.4. The molecule has 2 amide bonds. The predicted molar refractivity (Wildman–Crippen MR) is 101 cm³/mol. The van der Waals surface area contributed by atoms with Gasteiger partial charge in [0.15, 0.2) is 0 Å². The first-order valence-electron chi connectivity index (χ1n) is 10.1. The molecular weight excluding hydrogens is 344 g/mol. The Morgan fingerprint density at radius 3 is 2.56 bits per heavy atom. The molecule has 0 aromatic heterocycles. The average molecular weight is 372 g/mol. The van der Waals surface area contributed by atoms with Gasteiger partial charge in [-0.2, -0.15) is 0 Å². The maximum atomic E-state index is 12.2. The summed E-state index contributed by atoms with van der Waals surface area (Å²) < 4.78 is 5.39. The molecule has 1 aromatic rings. The summed E-state index contributed by atoms with van der Waals surface area (Å²) in [7, 11) is 0. The van der Waals surface area contributed by atoms with Crippen molar-refractivity contribution in [2.45, 2.75) is 50.7 Å². The van der Waals surface area contributed by atoms with E-state index in [-0.39, 0.29) is 30.4 Å². The molecule has 6 heteroatoms. The smallest absolute Gasteiger partial charge is 0.249 e. The normalized spacial score (nSPS) is 24.9. The number of hydrogen-bond acceptors (Lipinski definition) is 4. The monoisotopic (exact) mass is 372 g/mol. The molecule has 2 N–H and O–H groups in total. The zero-order chi connectivity index (χ0) is 18.8. The lowest BCUT2D eigenvalue weighted by Gasteiger charge is -2.38. The van der Waals surface area contributed by atoms with E-state index in [1.54, 1.807) is 4.90 Å². The summed E-state index contributed by atoms with van der Waals surface area (Å²) in [6.45, 7) is 1.15. The Morgan fingerprint density at radius 1 is 1.19 bits per heavy atom. The molecule has 2 aliphatic carbocycles. The Kier molecular flexibility index (Phi) is 5.45. The van der Waals surface area contributed by atoms with E-state index >= 15 is 0 Å². The van der Waals surface area contributed by atoms with Crippen LogP contribution in [0.1, 0.15) is 50.2 Å². The minimum absolute atomic E-state index is 0.0438. The van der Waals surface area contributed by atoms with Crippen molar-refractivity contribution in [1.29, 1.82) is 0 Å². The minimum Gasteiger partial charge on any atom is -0.386 e. The second-order valence-electron chi connectivity index (χ2n) is 8.11. The highest BCUT2D eigenvalue weighted by molar-refractivity contribution is 5.92. The van der Waals surface area contributed by atoms with Crippen LogP contribution in [0.4, 0.5) is 5.69 Å². The molecule has 27 heavy (non-hydrogen) atoms. The first-order chi connectivity index (χ1) is 13.1. The molecular formula is C21H28N2O4. The number of aliphatic hydroxyl groups excluding tert-OH is 1. The highest BCUT2D eigenvalue weighted by atomic mass is 16.5. The quantitative estimate of drug-likeness (QED) is 0.804. The summed E-state index contributed by atoms with van der Waals surface area (Å²) >= 11 is 0. The molecule has 6 nitrogen and oxygen atoms in total. The van der Waals surface area contributed by atoms with E-state index in [1.807, 2.05) is 24.3 Å².